The Bertz CT molecular complexity index is 733. The molecule has 22 heavy (non-hydrogen) atoms. The summed E-state index contributed by atoms with van der Waals surface area (Å²) in [4.78, 5) is 11.7. The fraction of sp³-hybridized carbons (Fsp3) is 0. The van der Waals surface area contributed by atoms with E-state index in [0.29, 0.717) is 0 Å². The van der Waals surface area contributed by atoms with E-state index < -0.39 is 27.6 Å². The van der Waals surface area contributed by atoms with Crippen LogP contribution in [0.2, 0.25) is 0 Å². The molecule has 0 fully saturated rings. The van der Waals surface area contributed by atoms with E-state index in [9.17, 15) is 21.6 Å². The van der Waals surface area contributed by atoms with Crippen molar-refractivity contribution in [3.05, 3.63) is 48.5 Å². The van der Waals surface area contributed by atoms with E-state index in [2.05, 4.69) is 0 Å². The molecule has 0 saturated carbocycles. The maximum Gasteiger partial charge on any atom is 0.519 e. The Balaban J connectivity index is 2.00. The third-order valence-electron chi connectivity index (χ3n) is 2.50. The van der Waals surface area contributed by atoms with Gasteiger partial charge in [-0.3, -0.25) is 0 Å². The molecule has 7 nitrogen and oxygen atoms in total. The molecule has 116 valence electrons. The van der Waals surface area contributed by atoms with E-state index in [0.717, 1.165) is 0 Å². The molecular formula is C13H10O7S2. The van der Waals surface area contributed by atoms with Gasteiger partial charge in [0.15, 0.2) is 21.4 Å². The summed E-state index contributed by atoms with van der Waals surface area (Å²) in [6.07, 6.45) is -1.03. The molecule has 2 aromatic carbocycles. The standard InChI is InChI=1S/C13H10O7S2/c14-13(19-9-1-5-11(6-2-9)21(15)16)20-10-3-7-12(8-4-10)22(17)18/h1-8,21-22H. The second-order valence-electron chi connectivity index (χ2n) is 3.96. The Morgan fingerprint density at radius 2 is 0.955 bits per heavy atom. The van der Waals surface area contributed by atoms with Gasteiger partial charge in [0.1, 0.15) is 11.5 Å². The SMILES string of the molecule is O=C(Oc1ccc([SH](=O)=O)cc1)Oc1ccc([SH](=O)=O)cc1. The number of ether oxygens (including phenoxy) is 2. The van der Waals surface area contributed by atoms with Gasteiger partial charge in [0.2, 0.25) is 0 Å². The Morgan fingerprint density at radius 3 is 1.23 bits per heavy atom. The molecule has 0 bridgehead atoms. The fourth-order valence-electron chi connectivity index (χ4n) is 1.49. The van der Waals surface area contributed by atoms with Gasteiger partial charge in [-0.15, -0.1) is 0 Å². The Kier molecular flexibility index (Phi) is 5.12. The third kappa shape index (κ3) is 4.30. The summed E-state index contributed by atoms with van der Waals surface area (Å²) in [5, 5.41) is 0. The van der Waals surface area contributed by atoms with Gasteiger partial charge in [0.25, 0.3) is 0 Å². The Labute approximate surface area is 129 Å². The number of benzene rings is 2. The first-order valence-electron chi connectivity index (χ1n) is 5.84. The largest absolute Gasteiger partial charge is 0.519 e. The van der Waals surface area contributed by atoms with Gasteiger partial charge in [-0.1, -0.05) is 0 Å². The molecular weight excluding hydrogens is 332 g/mol. The van der Waals surface area contributed by atoms with Crippen LogP contribution in [0.3, 0.4) is 0 Å². The minimum absolute atomic E-state index is 0.0954. The molecule has 2 rings (SSSR count). The average molecular weight is 342 g/mol. The van der Waals surface area contributed by atoms with Crippen molar-refractivity contribution in [2.24, 2.45) is 0 Å². The van der Waals surface area contributed by atoms with Crippen LogP contribution >= 0.6 is 0 Å². The van der Waals surface area contributed by atoms with E-state index in [1.54, 1.807) is 0 Å². The van der Waals surface area contributed by atoms with Crippen molar-refractivity contribution in [1.82, 2.24) is 0 Å². The summed E-state index contributed by atoms with van der Waals surface area (Å²) in [7, 11) is -5.40. The predicted molar refractivity (Wildman–Crippen MR) is 76.7 cm³/mol. The lowest BCUT2D eigenvalue weighted by Crippen LogP contribution is -2.13. The first-order valence-corrected chi connectivity index (χ1v) is 8.20. The van der Waals surface area contributed by atoms with Crippen LogP contribution in [0.4, 0.5) is 4.79 Å². The topological polar surface area (TPSA) is 104 Å². The average Bonchev–Trinajstić information content (AvgIpc) is 2.48. The molecule has 0 saturated heterocycles. The summed E-state index contributed by atoms with van der Waals surface area (Å²) in [5.41, 5.74) is 0. The Hall–Kier alpha value is -2.39. The molecule has 2 aromatic rings. The van der Waals surface area contributed by atoms with Gasteiger partial charge in [-0.25, -0.2) is 21.6 Å². The normalized spacial score (nSPS) is 10.6. The molecule has 0 heterocycles. The number of carbonyl (C=O) groups is 1. The van der Waals surface area contributed by atoms with E-state index in [1.807, 2.05) is 0 Å². The molecule has 0 aliphatic rings. The maximum atomic E-state index is 11.5. The van der Waals surface area contributed by atoms with Gasteiger partial charge < -0.3 is 9.47 Å². The molecule has 9 heteroatoms. The molecule has 0 amide bonds. The fourth-order valence-corrected chi connectivity index (χ4v) is 2.27. The first-order chi connectivity index (χ1) is 10.5. The van der Waals surface area contributed by atoms with Crippen LogP contribution in [-0.4, -0.2) is 23.0 Å². The molecule has 0 aliphatic heterocycles. The quantitative estimate of drug-likeness (QED) is 0.489. The smallest absolute Gasteiger partial charge is 0.395 e. The van der Waals surface area contributed by atoms with Crippen molar-refractivity contribution in [3.8, 4) is 11.5 Å². The predicted octanol–water partition coefficient (Wildman–Crippen LogP) is 1.21. The van der Waals surface area contributed by atoms with Crippen molar-refractivity contribution in [3.63, 3.8) is 0 Å². The lowest BCUT2D eigenvalue weighted by Gasteiger charge is -2.05. The molecule has 0 unspecified atom stereocenters. The van der Waals surface area contributed by atoms with Gasteiger partial charge in [-0.05, 0) is 48.5 Å². The highest BCUT2D eigenvalue weighted by atomic mass is 32.2. The van der Waals surface area contributed by atoms with Crippen LogP contribution in [-0.2, 0) is 21.4 Å². The zero-order chi connectivity index (χ0) is 16.1. The first kappa shape index (κ1) is 16.0. The zero-order valence-electron chi connectivity index (χ0n) is 10.9. The van der Waals surface area contributed by atoms with E-state index >= 15 is 0 Å². The van der Waals surface area contributed by atoms with E-state index in [-0.39, 0.29) is 21.3 Å². The number of hydrogen-bond donors (Lipinski definition) is 2. The minimum atomic E-state index is -2.70. The van der Waals surface area contributed by atoms with Crippen molar-refractivity contribution in [1.29, 1.82) is 0 Å². The van der Waals surface area contributed by atoms with Crippen LogP contribution in [0.25, 0.3) is 0 Å². The van der Waals surface area contributed by atoms with Crippen molar-refractivity contribution >= 4 is 27.6 Å². The van der Waals surface area contributed by atoms with Crippen LogP contribution in [0.15, 0.2) is 58.3 Å². The number of thiol groups is 2. The van der Waals surface area contributed by atoms with E-state index in [4.69, 9.17) is 9.47 Å². The molecule has 0 N–H and O–H groups in total. The van der Waals surface area contributed by atoms with Gasteiger partial charge in [0.05, 0.1) is 9.79 Å². The third-order valence-corrected chi connectivity index (χ3v) is 3.94. The highest BCUT2D eigenvalue weighted by Crippen LogP contribution is 2.16. The molecule has 0 radical (unpaired) electrons. The molecule has 0 atom stereocenters. The van der Waals surface area contributed by atoms with Crippen LogP contribution in [0.1, 0.15) is 0 Å². The highest BCUT2D eigenvalue weighted by Gasteiger charge is 2.08. The maximum absolute atomic E-state index is 11.5. The summed E-state index contributed by atoms with van der Waals surface area (Å²) < 4.78 is 52.6. The summed E-state index contributed by atoms with van der Waals surface area (Å²) in [6, 6.07) is 10.4. The van der Waals surface area contributed by atoms with Crippen molar-refractivity contribution in [2.45, 2.75) is 9.79 Å². The summed E-state index contributed by atoms with van der Waals surface area (Å²) in [6.45, 7) is 0. The van der Waals surface area contributed by atoms with Gasteiger partial charge in [0, 0.05) is 0 Å². The van der Waals surface area contributed by atoms with E-state index in [1.165, 1.54) is 48.5 Å². The van der Waals surface area contributed by atoms with Gasteiger partial charge >= 0.3 is 6.16 Å². The lowest BCUT2D eigenvalue weighted by molar-refractivity contribution is 0.152. The zero-order valence-corrected chi connectivity index (χ0v) is 12.7. The number of hydrogen-bond acceptors (Lipinski definition) is 7. The van der Waals surface area contributed by atoms with Crippen LogP contribution in [0.5, 0.6) is 11.5 Å². The second kappa shape index (κ2) is 7.05. The number of rotatable bonds is 4. The summed E-state index contributed by atoms with van der Waals surface area (Å²) in [5.74, 6) is 0.231. The minimum Gasteiger partial charge on any atom is -0.395 e. The second-order valence-corrected chi connectivity index (χ2v) is 6.02. The van der Waals surface area contributed by atoms with Crippen LogP contribution < -0.4 is 9.47 Å². The molecule has 0 aromatic heterocycles. The Morgan fingerprint density at radius 1 is 0.636 bits per heavy atom. The lowest BCUT2D eigenvalue weighted by atomic mass is 10.3. The van der Waals surface area contributed by atoms with Gasteiger partial charge in [-0.2, -0.15) is 0 Å². The molecule has 0 aliphatic carbocycles. The summed E-state index contributed by atoms with van der Waals surface area (Å²) >= 11 is 0. The van der Waals surface area contributed by atoms with Crippen LogP contribution in [0, 0.1) is 0 Å². The molecule has 0 spiro atoms. The van der Waals surface area contributed by atoms with Crippen molar-refractivity contribution in [2.75, 3.05) is 0 Å². The number of carbonyl (C=O) groups excluding carboxylic acids is 1. The highest BCUT2D eigenvalue weighted by molar-refractivity contribution is 7.72. The monoisotopic (exact) mass is 342 g/mol. The van der Waals surface area contributed by atoms with Crippen molar-refractivity contribution < 1.29 is 31.1 Å².